The van der Waals surface area contributed by atoms with Crippen LogP contribution in [0, 0.1) is 0 Å². The molecule has 2 aliphatic rings. The van der Waals surface area contributed by atoms with Gasteiger partial charge >= 0.3 is 0 Å². The van der Waals surface area contributed by atoms with Crippen LogP contribution in [0.1, 0.15) is 28.0 Å². The lowest BCUT2D eigenvalue weighted by Crippen LogP contribution is -2.46. The van der Waals surface area contributed by atoms with E-state index in [-0.39, 0.29) is 17.8 Å². The van der Waals surface area contributed by atoms with Crippen LogP contribution in [0.2, 0.25) is 0 Å². The van der Waals surface area contributed by atoms with Crippen molar-refractivity contribution in [1.82, 2.24) is 4.90 Å². The van der Waals surface area contributed by atoms with Crippen LogP contribution in [0.4, 0.5) is 0 Å². The topological polar surface area (TPSA) is 72.1 Å². The lowest BCUT2D eigenvalue weighted by Gasteiger charge is -2.36. The number of benzene rings is 2. The monoisotopic (exact) mass is 405 g/mol. The van der Waals surface area contributed by atoms with Gasteiger partial charge in [0.25, 0.3) is 0 Å². The lowest BCUT2D eigenvalue weighted by molar-refractivity contribution is -0.184. The molecule has 0 bridgehead atoms. The average molecular weight is 405 g/mol. The molecule has 5 rings (SSSR count). The molecular weight excluding hydrogens is 382 g/mol. The van der Waals surface area contributed by atoms with Gasteiger partial charge in [-0.3, -0.25) is 9.69 Å². The lowest BCUT2D eigenvalue weighted by atomic mass is 9.91. The summed E-state index contributed by atoms with van der Waals surface area (Å²) >= 11 is 0. The summed E-state index contributed by atoms with van der Waals surface area (Å²) < 4.78 is 16.4. The van der Waals surface area contributed by atoms with Gasteiger partial charge in [-0.15, -0.1) is 0 Å². The summed E-state index contributed by atoms with van der Waals surface area (Å²) in [4.78, 5) is 14.7. The molecule has 0 radical (unpaired) electrons. The third kappa shape index (κ3) is 3.77. The predicted molar refractivity (Wildman–Crippen MR) is 110 cm³/mol. The van der Waals surface area contributed by atoms with Crippen molar-refractivity contribution in [2.24, 2.45) is 0 Å². The molecule has 30 heavy (non-hydrogen) atoms. The summed E-state index contributed by atoms with van der Waals surface area (Å²) in [6, 6.07) is 17.4. The molecule has 0 saturated carbocycles. The van der Waals surface area contributed by atoms with Crippen LogP contribution < -0.4 is 10.2 Å². The van der Waals surface area contributed by atoms with E-state index in [2.05, 4.69) is 17.0 Å². The summed E-state index contributed by atoms with van der Waals surface area (Å²) in [5.74, 6) is 0.819. The van der Waals surface area contributed by atoms with Crippen LogP contribution in [0.15, 0.2) is 70.1 Å². The molecular formula is C24H23NO5. The van der Waals surface area contributed by atoms with E-state index < -0.39 is 5.60 Å². The van der Waals surface area contributed by atoms with Crippen molar-refractivity contribution >= 4 is 0 Å². The van der Waals surface area contributed by atoms with Crippen LogP contribution in [0.5, 0.6) is 5.75 Å². The molecule has 1 saturated heterocycles. The first-order chi connectivity index (χ1) is 14.6. The number of rotatable bonds is 6. The van der Waals surface area contributed by atoms with Crippen molar-refractivity contribution in [3.05, 3.63) is 99.1 Å². The Hall–Kier alpha value is -2.93. The van der Waals surface area contributed by atoms with E-state index in [9.17, 15) is 9.90 Å². The highest BCUT2D eigenvalue weighted by Gasteiger charge is 2.37. The van der Waals surface area contributed by atoms with E-state index in [1.165, 1.54) is 23.5 Å². The highest BCUT2D eigenvalue weighted by atomic mass is 16.5. The molecule has 154 valence electrons. The van der Waals surface area contributed by atoms with E-state index in [0.717, 1.165) is 24.2 Å². The van der Waals surface area contributed by atoms with Gasteiger partial charge in [0.15, 0.2) is 0 Å². The number of hydrogen-bond donors (Lipinski definition) is 1. The first-order valence-corrected chi connectivity index (χ1v) is 10.0. The molecule has 1 aromatic heterocycles. The molecule has 3 aromatic rings. The first kappa shape index (κ1) is 19.1. The van der Waals surface area contributed by atoms with Crippen molar-refractivity contribution in [2.45, 2.75) is 31.8 Å². The third-order valence-electron chi connectivity index (χ3n) is 5.71. The Morgan fingerprint density at radius 2 is 1.73 bits per heavy atom. The molecule has 3 heterocycles. The van der Waals surface area contributed by atoms with E-state index in [1.54, 1.807) is 0 Å². The zero-order valence-corrected chi connectivity index (χ0v) is 16.5. The fourth-order valence-electron chi connectivity index (χ4n) is 3.90. The second-order valence-electron chi connectivity index (χ2n) is 8.00. The van der Waals surface area contributed by atoms with Crippen LogP contribution in [-0.2, 0) is 36.6 Å². The Kier molecular flexibility index (Phi) is 4.90. The molecule has 6 heteroatoms. The number of aliphatic hydroxyl groups is 1. The highest BCUT2D eigenvalue weighted by molar-refractivity contribution is 5.31. The molecule has 2 aromatic carbocycles. The van der Waals surface area contributed by atoms with Gasteiger partial charge in [0, 0.05) is 19.2 Å². The normalized spacial score (nSPS) is 17.4. The Balaban J connectivity index is 1.19. The summed E-state index contributed by atoms with van der Waals surface area (Å²) in [5, 5.41) is 10.3. The number of hydrogen-bond acceptors (Lipinski definition) is 6. The molecule has 1 N–H and O–H groups in total. The zero-order chi connectivity index (χ0) is 20.6. The molecule has 0 amide bonds. The van der Waals surface area contributed by atoms with Crippen LogP contribution >= 0.6 is 0 Å². The summed E-state index contributed by atoms with van der Waals surface area (Å²) in [5.41, 5.74) is 3.30. The molecule has 6 nitrogen and oxygen atoms in total. The quantitative estimate of drug-likeness (QED) is 0.680. The molecule has 2 aliphatic heterocycles. The van der Waals surface area contributed by atoms with Crippen molar-refractivity contribution in [2.75, 3.05) is 13.2 Å². The van der Waals surface area contributed by atoms with Crippen molar-refractivity contribution in [3.63, 3.8) is 0 Å². The van der Waals surface area contributed by atoms with Gasteiger partial charge < -0.3 is 19.0 Å². The van der Waals surface area contributed by atoms with Crippen LogP contribution in [-0.4, -0.2) is 23.2 Å². The van der Waals surface area contributed by atoms with Gasteiger partial charge in [-0.25, -0.2) is 0 Å². The molecule has 0 spiro atoms. The number of ether oxygens (including phenoxy) is 2. The van der Waals surface area contributed by atoms with Gasteiger partial charge in [-0.1, -0.05) is 48.5 Å². The maximum atomic E-state index is 12.4. The standard InChI is InChI=1S/C24H23NO5/c26-22-9-21(12-25-10-18-3-1-2-4-19(18)11-25)29-14-23(22)30-13-17-5-7-20(8-6-17)24(27)15-28-16-24/h1-9,14,27H,10-13,15-16H2. The predicted octanol–water partition coefficient (Wildman–Crippen LogP) is 2.95. The van der Waals surface area contributed by atoms with Gasteiger partial charge in [0.05, 0.1) is 19.8 Å². The van der Waals surface area contributed by atoms with E-state index in [4.69, 9.17) is 13.9 Å². The molecule has 1 fully saturated rings. The van der Waals surface area contributed by atoms with Crippen LogP contribution in [0.3, 0.4) is 0 Å². The van der Waals surface area contributed by atoms with Gasteiger partial charge in [0.1, 0.15) is 24.2 Å². The van der Waals surface area contributed by atoms with Crippen LogP contribution in [0.25, 0.3) is 0 Å². The smallest absolute Gasteiger partial charge is 0.227 e. The second-order valence-corrected chi connectivity index (χ2v) is 8.00. The molecule has 0 aliphatic carbocycles. The van der Waals surface area contributed by atoms with E-state index >= 15 is 0 Å². The Morgan fingerprint density at radius 3 is 2.33 bits per heavy atom. The maximum Gasteiger partial charge on any atom is 0.227 e. The van der Waals surface area contributed by atoms with Crippen molar-refractivity contribution in [1.29, 1.82) is 0 Å². The SMILES string of the molecule is O=c1cc(CN2Cc3ccccc3C2)occ1OCc1ccc(C2(O)COC2)cc1. The largest absolute Gasteiger partial charge is 0.482 e. The fourth-order valence-corrected chi connectivity index (χ4v) is 3.90. The first-order valence-electron chi connectivity index (χ1n) is 10.0. The minimum Gasteiger partial charge on any atom is -0.482 e. The summed E-state index contributed by atoms with van der Waals surface area (Å²) in [7, 11) is 0. The van der Waals surface area contributed by atoms with Gasteiger partial charge in [0.2, 0.25) is 11.2 Å². The Bertz CT molecular complexity index is 1080. The number of nitrogens with zero attached hydrogens (tertiary/aromatic N) is 1. The summed E-state index contributed by atoms with van der Waals surface area (Å²) in [6.45, 7) is 3.18. The second kappa shape index (κ2) is 7.72. The molecule has 0 atom stereocenters. The highest BCUT2D eigenvalue weighted by Crippen LogP contribution is 2.29. The van der Waals surface area contributed by atoms with Crippen molar-refractivity contribution < 1.29 is 19.0 Å². The minimum atomic E-state index is -0.882. The third-order valence-corrected chi connectivity index (χ3v) is 5.71. The molecule has 0 unspecified atom stereocenters. The average Bonchev–Trinajstić information content (AvgIpc) is 3.14. The van der Waals surface area contributed by atoms with E-state index in [1.807, 2.05) is 36.4 Å². The summed E-state index contributed by atoms with van der Waals surface area (Å²) in [6.07, 6.45) is 1.39. The Morgan fingerprint density at radius 1 is 1.03 bits per heavy atom. The van der Waals surface area contributed by atoms with Gasteiger partial charge in [-0.2, -0.15) is 0 Å². The van der Waals surface area contributed by atoms with E-state index in [0.29, 0.717) is 25.5 Å². The Labute approximate surface area is 174 Å². The van der Waals surface area contributed by atoms with Crippen molar-refractivity contribution in [3.8, 4) is 5.75 Å². The fraction of sp³-hybridized carbons (Fsp3) is 0.292. The number of fused-ring (bicyclic) bond motifs is 1. The zero-order valence-electron chi connectivity index (χ0n) is 16.5. The maximum absolute atomic E-state index is 12.4. The minimum absolute atomic E-state index is 0.189. The van der Waals surface area contributed by atoms with Gasteiger partial charge in [-0.05, 0) is 22.3 Å².